The number of amides is 3. The van der Waals surface area contributed by atoms with Crippen molar-refractivity contribution in [2.75, 3.05) is 57.5 Å². The first-order valence-corrected chi connectivity index (χ1v) is 10.9. The van der Waals surface area contributed by atoms with Crippen LogP contribution in [0.2, 0.25) is 0 Å². The van der Waals surface area contributed by atoms with Gasteiger partial charge in [0.25, 0.3) is 0 Å². The van der Waals surface area contributed by atoms with Gasteiger partial charge in [0, 0.05) is 51.0 Å². The zero-order valence-electron chi connectivity index (χ0n) is 19.3. The summed E-state index contributed by atoms with van der Waals surface area (Å²) >= 11 is 0. The third-order valence-corrected chi connectivity index (χ3v) is 5.60. The number of rotatable bonds is 7. The summed E-state index contributed by atoms with van der Waals surface area (Å²) in [5.41, 5.74) is 2.13. The maximum Gasteiger partial charge on any atom is 0.313 e. The maximum atomic E-state index is 12.5. The zero-order chi connectivity index (χ0) is 23.8. The molecular formula is C24H31N5O4. The van der Waals surface area contributed by atoms with Gasteiger partial charge in [-0.2, -0.15) is 0 Å². The molecule has 2 aromatic rings. The highest BCUT2D eigenvalue weighted by molar-refractivity contribution is 6.39. The number of carbonyl (C=O) groups excluding carboxylic acids is 3. The molecule has 3 amide bonds. The van der Waals surface area contributed by atoms with Crippen molar-refractivity contribution in [2.24, 2.45) is 0 Å². The van der Waals surface area contributed by atoms with Crippen molar-refractivity contribution in [3.8, 4) is 5.75 Å². The summed E-state index contributed by atoms with van der Waals surface area (Å²) in [4.78, 5) is 40.6. The lowest BCUT2D eigenvalue weighted by molar-refractivity contribution is -0.136. The molecule has 1 fully saturated rings. The van der Waals surface area contributed by atoms with Gasteiger partial charge < -0.3 is 25.6 Å². The highest BCUT2D eigenvalue weighted by atomic mass is 16.5. The van der Waals surface area contributed by atoms with Crippen LogP contribution >= 0.6 is 0 Å². The fraction of sp³-hybridized carbons (Fsp3) is 0.375. The number of hydrogen-bond donors (Lipinski definition) is 3. The van der Waals surface area contributed by atoms with Crippen LogP contribution in [0.4, 0.5) is 11.4 Å². The molecule has 0 radical (unpaired) electrons. The van der Waals surface area contributed by atoms with Gasteiger partial charge in [-0.3, -0.25) is 19.3 Å². The highest BCUT2D eigenvalue weighted by Crippen LogP contribution is 2.24. The Balaban J connectivity index is 1.61. The van der Waals surface area contributed by atoms with Crippen molar-refractivity contribution < 1.29 is 19.1 Å². The predicted octanol–water partition coefficient (Wildman–Crippen LogP) is 1.70. The number of carbonyl (C=O) groups is 3. The number of hydrogen-bond acceptors (Lipinski definition) is 6. The number of piperazine rings is 1. The number of benzene rings is 2. The molecule has 0 aliphatic carbocycles. The molecule has 1 saturated heterocycles. The Bertz CT molecular complexity index is 954. The van der Waals surface area contributed by atoms with Gasteiger partial charge in [0.15, 0.2) is 0 Å². The molecule has 0 saturated carbocycles. The van der Waals surface area contributed by atoms with Crippen LogP contribution in [0.5, 0.6) is 5.75 Å². The highest BCUT2D eigenvalue weighted by Gasteiger charge is 2.25. The molecule has 0 spiro atoms. The molecule has 1 heterocycles. The summed E-state index contributed by atoms with van der Waals surface area (Å²) in [6.07, 6.45) is 0. The van der Waals surface area contributed by atoms with Crippen molar-refractivity contribution in [1.29, 1.82) is 0 Å². The van der Waals surface area contributed by atoms with Crippen molar-refractivity contribution in [2.45, 2.75) is 13.0 Å². The Hall–Kier alpha value is -3.43. The smallest absolute Gasteiger partial charge is 0.313 e. The molecule has 0 unspecified atom stereocenters. The Kier molecular flexibility index (Phi) is 8.39. The molecule has 1 aliphatic rings. The molecular weight excluding hydrogens is 422 g/mol. The minimum atomic E-state index is -0.742. The van der Waals surface area contributed by atoms with Crippen LogP contribution in [0, 0.1) is 0 Å². The molecule has 1 aliphatic heterocycles. The van der Waals surface area contributed by atoms with E-state index in [4.69, 9.17) is 4.74 Å². The monoisotopic (exact) mass is 453 g/mol. The van der Waals surface area contributed by atoms with Gasteiger partial charge in [0.1, 0.15) is 5.75 Å². The first-order chi connectivity index (χ1) is 15.9. The lowest BCUT2D eigenvalue weighted by Gasteiger charge is -2.38. The maximum absolute atomic E-state index is 12.5. The zero-order valence-corrected chi connectivity index (χ0v) is 19.3. The largest absolute Gasteiger partial charge is 0.497 e. The summed E-state index contributed by atoms with van der Waals surface area (Å²) in [6.45, 7) is 5.35. The summed E-state index contributed by atoms with van der Waals surface area (Å²) in [5, 5.41) is 8.02. The van der Waals surface area contributed by atoms with Gasteiger partial charge in [-0.1, -0.05) is 12.1 Å². The lowest BCUT2D eigenvalue weighted by atomic mass is 10.0. The van der Waals surface area contributed by atoms with Crippen molar-refractivity contribution in [1.82, 2.24) is 15.1 Å². The molecule has 33 heavy (non-hydrogen) atoms. The van der Waals surface area contributed by atoms with Crippen LogP contribution in [0.25, 0.3) is 0 Å². The van der Waals surface area contributed by atoms with Crippen LogP contribution in [0.3, 0.4) is 0 Å². The van der Waals surface area contributed by atoms with Gasteiger partial charge in [-0.25, -0.2) is 0 Å². The quantitative estimate of drug-likeness (QED) is 0.552. The Morgan fingerprint density at radius 2 is 1.45 bits per heavy atom. The van der Waals surface area contributed by atoms with E-state index in [1.165, 1.54) is 6.92 Å². The van der Waals surface area contributed by atoms with Gasteiger partial charge in [0.2, 0.25) is 5.91 Å². The average Bonchev–Trinajstić information content (AvgIpc) is 2.81. The number of ether oxygens (including phenoxy) is 1. The normalized spacial score (nSPS) is 15.4. The SMILES string of the molecule is COc1ccc([C@H](CNC(=O)C(=O)Nc2ccc(NC(C)=O)cc2)N2CCN(C)CC2)cc1. The second-order valence-corrected chi connectivity index (χ2v) is 8.05. The summed E-state index contributed by atoms with van der Waals surface area (Å²) in [5.74, 6) is -0.857. The van der Waals surface area contributed by atoms with E-state index in [1.54, 1.807) is 31.4 Å². The van der Waals surface area contributed by atoms with Crippen LogP contribution in [0.15, 0.2) is 48.5 Å². The number of methoxy groups -OCH3 is 1. The molecule has 9 nitrogen and oxygen atoms in total. The molecule has 3 rings (SSSR count). The van der Waals surface area contributed by atoms with Gasteiger partial charge in [-0.05, 0) is 49.0 Å². The molecule has 3 N–H and O–H groups in total. The molecule has 9 heteroatoms. The van der Waals surface area contributed by atoms with E-state index < -0.39 is 11.8 Å². The Labute approximate surface area is 194 Å². The van der Waals surface area contributed by atoms with E-state index in [0.29, 0.717) is 17.9 Å². The van der Waals surface area contributed by atoms with E-state index in [-0.39, 0.29) is 11.9 Å². The van der Waals surface area contributed by atoms with Crippen LogP contribution < -0.4 is 20.7 Å². The van der Waals surface area contributed by atoms with E-state index in [2.05, 4.69) is 32.8 Å². The summed E-state index contributed by atoms with van der Waals surface area (Å²) in [7, 11) is 3.72. The second kappa shape index (κ2) is 11.4. The van der Waals surface area contributed by atoms with Gasteiger partial charge >= 0.3 is 11.8 Å². The Morgan fingerprint density at radius 3 is 2.00 bits per heavy atom. The third kappa shape index (κ3) is 7.03. The van der Waals surface area contributed by atoms with E-state index >= 15 is 0 Å². The van der Waals surface area contributed by atoms with Gasteiger partial charge in [-0.15, -0.1) is 0 Å². The standard InChI is InChI=1S/C24H31N5O4/c1-17(30)26-19-6-8-20(9-7-19)27-24(32)23(31)25-16-22(29-14-12-28(2)13-15-29)18-4-10-21(33-3)11-5-18/h4-11,22H,12-16H2,1-3H3,(H,25,31)(H,26,30)(H,27,32)/t22-/m0/s1. The number of nitrogens with zero attached hydrogens (tertiary/aromatic N) is 2. The number of likely N-dealkylation sites (N-methyl/N-ethyl adjacent to an activating group) is 1. The van der Waals surface area contributed by atoms with Crippen LogP contribution in [-0.4, -0.2) is 74.4 Å². The lowest BCUT2D eigenvalue weighted by Crippen LogP contribution is -2.49. The molecule has 176 valence electrons. The minimum Gasteiger partial charge on any atom is -0.497 e. The molecule has 1 atom stereocenters. The van der Waals surface area contributed by atoms with E-state index in [9.17, 15) is 14.4 Å². The topological polar surface area (TPSA) is 103 Å². The average molecular weight is 454 g/mol. The first kappa shape index (κ1) is 24.2. The van der Waals surface area contributed by atoms with E-state index in [0.717, 1.165) is 37.5 Å². The predicted molar refractivity (Wildman–Crippen MR) is 127 cm³/mol. The minimum absolute atomic E-state index is 0.0571. The van der Waals surface area contributed by atoms with Gasteiger partial charge in [0.05, 0.1) is 13.2 Å². The fourth-order valence-electron chi connectivity index (χ4n) is 3.72. The van der Waals surface area contributed by atoms with Crippen LogP contribution in [0.1, 0.15) is 18.5 Å². The van der Waals surface area contributed by atoms with Crippen molar-refractivity contribution in [3.05, 3.63) is 54.1 Å². The second-order valence-electron chi connectivity index (χ2n) is 8.05. The van der Waals surface area contributed by atoms with Crippen LogP contribution in [-0.2, 0) is 14.4 Å². The molecule has 0 bridgehead atoms. The molecule has 2 aromatic carbocycles. The fourth-order valence-corrected chi connectivity index (χ4v) is 3.72. The van der Waals surface area contributed by atoms with Crippen molar-refractivity contribution in [3.63, 3.8) is 0 Å². The summed E-state index contributed by atoms with van der Waals surface area (Å²) in [6, 6.07) is 14.3. The summed E-state index contributed by atoms with van der Waals surface area (Å²) < 4.78 is 5.26. The number of anilines is 2. The first-order valence-electron chi connectivity index (χ1n) is 10.9. The Morgan fingerprint density at radius 1 is 0.879 bits per heavy atom. The van der Waals surface area contributed by atoms with Crippen molar-refractivity contribution >= 4 is 29.1 Å². The van der Waals surface area contributed by atoms with E-state index in [1.807, 2.05) is 24.3 Å². The third-order valence-electron chi connectivity index (χ3n) is 5.60. The molecule has 0 aromatic heterocycles. The number of nitrogens with one attached hydrogen (secondary N) is 3.